The fourth-order valence-electron chi connectivity index (χ4n) is 2.41. The summed E-state index contributed by atoms with van der Waals surface area (Å²) in [4.78, 5) is 24.6. The van der Waals surface area contributed by atoms with Crippen LogP contribution in [-0.2, 0) is 23.4 Å². The van der Waals surface area contributed by atoms with E-state index in [4.69, 9.17) is 11.6 Å². The summed E-state index contributed by atoms with van der Waals surface area (Å²) in [5.74, 6) is -1.19. The van der Waals surface area contributed by atoms with Crippen molar-refractivity contribution in [1.29, 1.82) is 0 Å². The topological polar surface area (TPSA) is 93.7 Å². The van der Waals surface area contributed by atoms with Crippen LogP contribution in [0.4, 0.5) is 17.6 Å². The molecule has 14 heteroatoms. The zero-order valence-corrected chi connectivity index (χ0v) is 18.2. The number of rotatable bonds is 5. The summed E-state index contributed by atoms with van der Waals surface area (Å²) in [5, 5.41) is -0.302. The molecule has 1 aromatic heterocycles. The van der Waals surface area contributed by atoms with Crippen molar-refractivity contribution in [3.8, 4) is 5.69 Å². The van der Waals surface area contributed by atoms with Gasteiger partial charge in [-0.15, -0.1) is 0 Å². The van der Waals surface area contributed by atoms with Crippen LogP contribution in [0.3, 0.4) is 0 Å². The highest BCUT2D eigenvalue weighted by Crippen LogP contribution is 2.27. The summed E-state index contributed by atoms with van der Waals surface area (Å²) in [6.07, 6.45) is -4.21. The van der Waals surface area contributed by atoms with E-state index in [2.05, 4.69) is 4.40 Å². The van der Waals surface area contributed by atoms with Crippen LogP contribution in [0.5, 0.6) is 0 Å². The van der Waals surface area contributed by atoms with Gasteiger partial charge in [-0.1, -0.05) is 11.6 Å². The Balaban J connectivity index is 2.70. The predicted octanol–water partition coefficient (Wildman–Crippen LogP) is 2.35. The number of aromatic nitrogens is 2. The Labute approximate surface area is 179 Å². The summed E-state index contributed by atoms with van der Waals surface area (Å²) >= 11 is 5.90. The smallest absolute Gasteiger partial charge is 0.292 e. The Hall–Kier alpha value is -2.51. The molecule has 0 aliphatic heterocycles. The van der Waals surface area contributed by atoms with Crippen LogP contribution in [0.2, 0.25) is 5.02 Å². The summed E-state index contributed by atoms with van der Waals surface area (Å²) in [7, 11) is -2.07. The molecule has 0 aliphatic carbocycles. The lowest BCUT2D eigenvalue weighted by molar-refractivity contribution is -0.144. The third-order valence-corrected chi connectivity index (χ3v) is 6.18. The maximum Gasteiger partial charge on any atom is 0.431 e. The standard InChI is InChI=1S/C17H17ClF4N4O4S/c1-9(2)25(4)31(29,30)23-8-10-5-13(12(19)6-11(10)18)26-15(27)7-14(17(20,21)22)24(3)16(26)28/h5-9H,1-4H3/b23-8+. The quantitative estimate of drug-likeness (QED) is 0.481. The Bertz CT molecular complexity index is 1270. The molecule has 0 saturated heterocycles. The zero-order valence-electron chi connectivity index (χ0n) is 16.6. The molecule has 8 nitrogen and oxygen atoms in total. The number of hydrogen-bond acceptors (Lipinski definition) is 4. The fourth-order valence-corrected chi connectivity index (χ4v) is 3.54. The van der Waals surface area contributed by atoms with Gasteiger partial charge in [0.05, 0.1) is 16.9 Å². The minimum atomic E-state index is -4.99. The van der Waals surface area contributed by atoms with Crippen molar-refractivity contribution in [2.24, 2.45) is 11.4 Å². The molecule has 0 atom stereocenters. The second-order valence-electron chi connectivity index (χ2n) is 6.69. The van der Waals surface area contributed by atoms with E-state index in [9.17, 15) is 35.6 Å². The fraction of sp³-hybridized carbons (Fsp3) is 0.353. The lowest BCUT2D eigenvalue weighted by Crippen LogP contribution is -2.41. The molecule has 2 rings (SSSR count). The lowest BCUT2D eigenvalue weighted by atomic mass is 10.2. The molecule has 0 radical (unpaired) electrons. The highest BCUT2D eigenvalue weighted by Gasteiger charge is 2.35. The largest absolute Gasteiger partial charge is 0.431 e. The number of benzene rings is 1. The van der Waals surface area contributed by atoms with Crippen LogP contribution >= 0.6 is 11.6 Å². The molecule has 2 aromatic rings. The van der Waals surface area contributed by atoms with E-state index in [0.29, 0.717) is 6.07 Å². The van der Waals surface area contributed by atoms with Gasteiger partial charge in [-0.25, -0.2) is 13.8 Å². The molecular weight excluding hydrogens is 468 g/mol. The van der Waals surface area contributed by atoms with Crippen LogP contribution in [0.1, 0.15) is 25.1 Å². The molecule has 170 valence electrons. The molecule has 0 amide bonds. The van der Waals surface area contributed by atoms with E-state index in [1.165, 1.54) is 7.05 Å². The molecule has 0 unspecified atom stereocenters. The van der Waals surface area contributed by atoms with Crippen molar-refractivity contribution >= 4 is 28.0 Å². The first-order valence-electron chi connectivity index (χ1n) is 8.51. The van der Waals surface area contributed by atoms with Gasteiger partial charge in [0.2, 0.25) is 0 Å². The minimum Gasteiger partial charge on any atom is -0.292 e. The summed E-state index contributed by atoms with van der Waals surface area (Å²) in [6, 6.07) is 1.24. The van der Waals surface area contributed by atoms with Crippen LogP contribution < -0.4 is 11.2 Å². The highest BCUT2D eigenvalue weighted by molar-refractivity contribution is 7.87. The molecule has 0 bridgehead atoms. The SMILES string of the molecule is CC(C)N(C)S(=O)(=O)/N=C/c1cc(-n2c(=O)cc(C(F)(F)F)n(C)c2=O)c(F)cc1Cl. The van der Waals surface area contributed by atoms with E-state index in [1.807, 2.05) is 0 Å². The van der Waals surface area contributed by atoms with Gasteiger partial charge in [0.1, 0.15) is 11.5 Å². The Kier molecular flexibility index (Phi) is 6.83. The van der Waals surface area contributed by atoms with Crippen LogP contribution in [-0.4, -0.2) is 41.2 Å². The summed E-state index contributed by atoms with van der Waals surface area (Å²) in [6.45, 7) is 3.20. The molecular formula is C17H17ClF4N4O4S. The number of nitrogens with zero attached hydrogens (tertiary/aromatic N) is 4. The average Bonchev–Trinajstić information content (AvgIpc) is 2.63. The van der Waals surface area contributed by atoms with Crippen LogP contribution in [0, 0.1) is 5.82 Å². The second kappa shape index (κ2) is 8.55. The van der Waals surface area contributed by atoms with Gasteiger partial charge < -0.3 is 0 Å². The van der Waals surface area contributed by atoms with Crippen LogP contribution in [0.15, 0.2) is 32.2 Å². The van der Waals surface area contributed by atoms with Crippen molar-refractivity contribution in [3.05, 3.63) is 61.1 Å². The van der Waals surface area contributed by atoms with Gasteiger partial charge in [-0.05, 0) is 26.0 Å². The van der Waals surface area contributed by atoms with Crippen molar-refractivity contribution in [2.75, 3.05) is 7.05 Å². The van der Waals surface area contributed by atoms with E-state index >= 15 is 0 Å². The molecule has 31 heavy (non-hydrogen) atoms. The van der Waals surface area contributed by atoms with Crippen molar-refractivity contribution in [1.82, 2.24) is 13.4 Å². The maximum absolute atomic E-state index is 14.5. The van der Waals surface area contributed by atoms with Gasteiger partial charge >= 0.3 is 22.1 Å². The van der Waals surface area contributed by atoms with Gasteiger partial charge in [0.25, 0.3) is 5.56 Å². The van der Waals surface area contributed by atoms with Gasteiger partial charge in [0, 0.05) is 31.8 Å². The molecule has 0 N–H and O–H groups in total. The Morgan fingerprint density at radius 3 is 2.29 bits per heavy atom. The normalized spacial score (nSPS) is 13.0. The van der Waals surface area contributed by atoms with E-state index in [1.54, 1.807) is 13.8 Å². The van der Waals surface area contributed by atoms with Crippen molar-refractivity contribution in [2.45, 2.75) is 26.1 Å². The summed E-state index contributed by atoms with van der Waals surface area (Å²) in [5.41, 5.74) is -5.33. The number of hydrogen-bond donors (Lipinski definition) is 0. The van der Waals surface area contributed by atoms with E-state index in [-0.39, 0.29) is 25.8 Å². The molecule has 1 aromatic carbocycles. The van der Waals surface area contributed by atoms with Crippen LogP contribution in [0.25, 0.3) is 5.69 Å². The van der Waals surface area contributed by atoms with Gasteiger partial charge in [-0.2, -0.15) is 30.3 Å². The van der Waals surface area contributed by atoms with E-state index < -0.39 is 50.9 Å². The third-order valence-electron chi connectivity index (χ3n) is 4.33. The monoisotopic (exact) mass is 484 g/mol. The lowest BCUT2D eigenvalue weighted by Gasteiger charge is -2.17. The van der Waals surface area contributed by atoms with Gasteiger partial charge in [-0.3, -0.25) is 9.36 Å². The zero-order chi connectivity index (χ0) is 23.9. The number of alkyl halides is 3. The molecule has 0 saturated carbocycles. The maximum atomic E-state index is 14.5. The number of halogens is 5. The highest BCUT2D eigenvalue weighted by atomic mass is 35.5. The third kappa shape index (κ3) is 5.05. The molecule has 0 fully saturated rings. The Morgan fingerprint density at radius 2 is 1.77 bits per heavy atom. The van der Waals surface area contributed by atoms with Gasteiger partial charge in [0.15, 0.2) is 0 Å². The Morgan fingerprint density at radius 1 is 1.19 bits per heavy atom. The second-order valence-corrected chi connectivity index (χ2v) is 8.78. The first-order valence-corrected chi connectivity index (χ1v) is 10.3. The first kappa shape index (κ1) is 24.8. The minimum absolute atomic E-state index is 0.144. The molecule has 0 spiro atoms. The van der Waals surface area contributed by atoms with Crippen molar-refractivity contribution in [3.63, 3.8) is 0 Å². The van der Waals surface area contributed by atoms with E-state index in [0.717, 1.165) is 23.6 Å². The summed E-state index contributed by atoms with van der Waals surface area (Å²) < 4.78 is 82.5. The average molecular weight is 485 g/mol. The molecule has 0 aliphatic rings. The first-order chi connectivity index (χ1) is 14.1. The molecule has 1 heterocycles. The predicted molar refractivity (Wildman–Crippen MR) is 107 cm³/mol. The van der Waals surface area contributed by atoms with Crippen molar-refractivity contribution < 1.29 is 26.0 Å².